The maximum atomic E-state index is 6.70. The Labute approximate surface area is 651 Å². The highest BCUT2D eigenvalue weighted by Gasteiger charge is 2.25. The molecular formula is C104H62N6O4. The summed E-state index contributed by atoms with van der Waals surface area (Å²) in [7, 11) is 0. The summed E-state index contributed by atoms with van der Waals surface area (Å²) < 4.78 is 30.7. The molecule has 8 heterocycles. The van der Waals surface area contributed by atoms with E-state index in [2.05, 4.69) is 300 Å². The summed E-state index contributed by atoms with van der Waals surface area (Å²) >= 11 is 0. The minimum atomic E-state index is 0.774. The Balaban J connectivity index is 0.000000135. The van der Waals surface area contributed by atoms with Gasteiger partial charge in [0.25, 0.3) is 0 Å². The van der Waals surface area contributed by atoms with Gasteiger partial charge in [-0.15, -0.1) is 0 Å². The summed E-state index contributed by atoms with van der Waals surface area (Å²) in [4.78, 5) is 20.8. The molecular weight excluding hydrogens is 1400 g/mol. The fourth-order valence-corrected chi connectivity index (χ4v) is 17.1. The molecule has 0 fully saturated rings. The molecule has 0 aliphatic heterocycles. The number of aromatic nitrogens is 6. The average molecular weight is 1460 g/mol. The van der Waals surface area contributed by atoms with E-state index in [4.69, 9.17) is 37.6 Å². The molecule has 0 saturated carbocycles. The summed E-state index contributed by atoms with van der Waals surface area (Å²) in [6.07, 6.45) is 0. The molecule has 532 valence electrons. The van der Waals surface area contributed by atoms with E-state index < -0.39 is 0 Å². The average Bonchev–Trinajstić information content (AvgIpc) is 1.54. The lowest BCUT2D eigenvalue weighted by atomic mass is 9.93. The smallest absolute Gasteiger partial charge is 0.162 e. The van der Waals surface area contributed by atoms with E-state index in [9.17, 15) is 0 Å². The molecule has 0 atom stereocenters. The summed E-state index contributed by atoms with van der Waals surface area (Å²) in [5.41, 5.74) is 28.9. The molecule has 0 saturated heterocycles. The van der Waals surface area contributed by atoms with Crippen LogP contribution in [0.15, 0.2) is 394 Å². The monoisotopic (exact) mass is 1460 g/mol. The zero-order valence-corrected chi connectivity index (χ0v) is 61.1. The molecule has 24 rings (SSSR count). The molecule has 0 unspecified atom stereocenters. The predicted molar refractivity (Wildman–Crippen MR) is 465 cm³/mol. The molecule has 24 aromatic rings. The van der Waals surface area contributed by atoms with Gasteiger partial charge in [-0.25, -0.2) is 19.9 Å². The molecule has 0 bridgehead atoms. The first kappa shape index (κ1) is 64.5. The standard InChI is InChI=1S/2C52H31N3O2/c1-2-13-33(14-3-1)52-54-44-21-8-9-22-45(44)55(52)37-27-25-32(26-28-37)34-29-35(38-18-12-19-40-39-15-5-10-23-46(39)56-50(38)40)31-36(30-34)49-51-48(41-16-4-7-20-43(41)53-49)42-17-6-11-24-47(42)57-51;1-2-12-33(13-3-1)52-54-44-18-8-9-19-45(44)55(52)38-25-22-32(23-26-38)35-28-36(34-24-27-48-42(31-34)39-14-5-10-20-46(39)56-48)30-37(29-35)50-51-49(40-15-4-7-17-43(40)53-50)41-16-6-11-21-47(41)57-51/h2*1-31H. The molecule has 10 heteroatoms. The predicted octanol–water partition coefficient (Wildman–Crippen LogP) is 28.1. The van der Waals surface area contributed by atoms with E-state index in [1.165, 1.54) is 0 Å². The summed E-state index contributed by atoms with van der Waals surface area (Å²) in [5.74, 6) is 1.82. The van der Waals surface area contributed by atoms with Crippen molar-refractivity contribution in [2.45, 2.75) is 0 Å². The van der Waals surface area contributed by atoms with Crippen molar-refractivity contribution in [1.29, 1.82) is 0 Å². The van der Waals surface area contributed by atoms with Crippen LogP contribution in [0.5, 0.6) is 0 Å². The largest absolute Gasteiger partial charge is 0.456 e. The van der Waals surface area contributed by atoms with Crippen LogP contribution in [-0.2, 0) is 0 Å². The van der Waals surface area contributed by atoms with Gasteiger partial charge in [0.05, 0.1) is 33.1 Å². The lowest BCUT2D eigenvalue weighted by molar-refractivity contribution is 0.668. The first-order valence-corrected chi connectivity index (χ1v) is 38.3. The van der Waals surface area contributed by atoms with Crippen molar-refractivity contribution in [3.8, 4) is 101 Å². The molecule has 16 aromatic carbocycles. The molecule has 0 radical (unpaired) electrons. The Morgan fingerprint density at radius 2 is 0.553 bits per heavy atom. The summed E-state index contributed by atoms with van der Waals surface area (Å²) in [6.45, 7) is 0. The van der Waals surface area contributed by atoms with Gasteiger partial charge >= 0.3 is 0 Å². The van der Waals surface area contributed by atoms with Crippen molar-refractivity contribution in [2.75, 3.05) is 0 Å². The van der Waals surface area contributed by atoms with Crippen LogP contribution in [0.4, 0.5) is 0 Å². The Bertz CT molecular complexity index is 7970. The van der Waals surface area contributed by atoms with E-state index in [1.54, 1.807) is 0 Å². The first-order valence-electron chi connectivity index (χ1n) is 38.3. The Morgan fingerprint density at radius 3 is 1.07 bits per heavy atom. The van der Waals surface area contributed by atoms with Crippen molar-refractivity contribution in [3.63, 3.8) is 0 Å². The van der Waals surface area contributed by atoms with Gasteiger partial charge < -0.3 is 17.7 Å². The van der Waals surface area contributed by atoms with Crippen LogP contribution in [0.25, 0.3) is 233 Å². The number of benzene rings is 16. The second kappa shape index (κ2) is 26.1. The lowest BCUT2D eigenvalue weighted by Gasteiger charge is -2.14. The maximum Gasteiger partial charge on any atom is 0.162 e. The first-order chi connectivity index (χ1) is 56.5. The van der Waals surface area contributed by atoms with E-state index >= 15 is 0 Å². The number of imidazole rings is 2. The molecule has 10 nitrogen and oxygen atoms in total. The third-order valence-electron chi connectivity index (χ3n) is 22.4. The quantitative estimate of drug-likeness (QED) is 0.133. The number of fused-ring (bicyclic) bond motifs is 18. The van der Waals surface area contributed by atoms with Crippen LogP contribution in [-0.4, -0.2) is 29.1 Å². The van der Waals surface area contributed by atoms with Crippen molar-refractivity contribution in [3.05, 3.63) is 376 Å². The number of hydrogen-bond donors (Lipinski definition) is 0. The molecule has 0 aliphatic carbocycles. The summed E-state index contributed by atoms with van der Waals surface area (Å²) in [5, 5.41) is 10.8. The SMILES string of the molecule is c1ccc(-c2nc3ccccc3n2-c2ccc(-c3cc(-c4ccc5oc6ccccc6c5c4)cc(-c4nc5ccccc5c5c4oc4ccccc45)c3)cc2)cc1.c1ccc(-c2nc3ccccc3n2-c2ccc(-c3cc(-c4cccc5c4oc4ccccc45)cc(-c4nc5ccccc5c5c4oc4ccccc45)c3)cc2)cc1. The number of nitrogens with zero attached hydrogens (tertiary/aromatic N) is 6. The fourth-order valence-electron chi connectivity index (χ4n) is 17.1. The van der Waals surface area contributed by atoms with Gasteiger partial charge in [-0.1, -0.05) is 243 Å². The summed E-state index contributed by atoms with van der Waals surface area (Å²) in [6, 6.07) is 131. The molecule has 0 N–H and O–H groups in total. The Kier molecular flexibility index (Phi) is 14.8. The van der Waals surface area contributed by atoms with Gasteiger partial charge in [-0.2, -0.15) is 0 Å². The van der Waals surface area contributed by atoms with Crippen LogP contribution < -0.4 is 0 Å². The third-order valence-corrected chi connectivity index (χ3v) is 22.4. The van der Waals surface area contributed by atoms with Crippen LogP contribution in [0.3, 0.4) is 0 Å². The second-order valence-corrected chi connectivity index (χ2v) is 29.1. The maximum absolute atomic E-state index is 6.70. The molecule has 0 amide bonds. The number of para-hydroxylation sites is 11. The Morgan fingerprint density at radius 1 is 0.193 bits per heavy atom. The molecule has 0 spiro atoms. The normalized spacial score (nSPS) is 11.9. The minimum absolute atomic E-state index is 0.774. The highest BCUT2D eigenvalue weighted by molar-refractivity contribution is 6.23. The van der Waals surface area contributed by atoms with Crippen molar-refractivity contribution in [2.24, 2.45) is 0 Å². The van der Waals surface area contributed by atoms with Gasteiger partial charge in [0.15, 0.2) is 11.2 Å². The van der Waals surface area contributed by atoms with Crippen molar-refractivity contribution >= 4 is 132 Å². The molecule has 114 heavy (non-hydrogen) atoms. The topological polar surface area (TPSA) is 114 Å². The zero-order valence-electron chi connectivity index (χ0n) is 61.1. The van der Waals surface area contributed by atoms with Crippen LogP contribution in [0.1, 0.15) is 0 Å². The lowest BCUT2D eigenvalue weighted by Crippen LogP contribution is -1.97. The molecule has 0 aliphatic rings. The number of rotatable bonds is 10. The Hall–Kier alpha value is -15.5. The number of hydrogen-bond acceptors (Lipinski definition) is 8. The van der Waals surface area contributed by atoms with Gasteiger partial charge in [0.1, 0.15) is 56.5 Å². The highest BCUT2D eigenvalue weighted by Crippen LogP contribution is 2.47. The van der Waals surface area contributed by atoms with E-state index in [1.807, 2.05) is 84.9 Å². The van der Waals surface area contributed by atoms with E-state index in [0.717, 1.165) is 233 Å². The second-order valence-electron chi connectivity index (χ2n) is 29.1. The minimum Gasteiger partial charge on any atom is -0.456 e. The fraction of sp³-hybridized carbons (Fsp3) is 0. The van der Waals surface area contributed by atoms with Gasteiger partial charge in [-0.05, 0) is 172 Å². The van der Waals surface area contributed by atoms with Gasteiger partial charge in [-0.3, -0.25) is 9.13 Å². The zero-order chi connectivity index (χ0) is 74.9. The highest BCUT2D eigenvalue weighted by atomic mass is 16.3. The van der Waals surface area contributed by atoms with Gasteiger partial charge in [0.2, 0.25) is 0 Å². The van der Waals surface area contributed by atoms with E-state index in [0.29, 0.717) is 0 Å². The van der Waals surface area contributed by atoms with Crippen LogP contribution >= 0.6 is 0 Å². The molecule has 8 aromatic heterocycles. The number of furan rings is 4. The van der Waals surface area contributed by atoms with Crippen LogP contribution in [0.2, 0.25) is 0 Å². The van der Waals surface area contributed by atoms with E-state index in [-0.39, 0.29) is 0 Å². The van der Waals surface area contributed by atoms with Crippen LogP contribution in [0, 0.1) is 0 Å². The third kappa shape index (κ3) is 10.6. The van der Waals surface area contributed by atoms with Gasteiger partial charge in [0, 0.05) is 93.1 Å². The van der Waals surface area contributed by atoms with Crippen molar-refractivity contribution in [1.82, 2.24) is 29.1 Å². The van der Waals surface area contributed by atoms with Crippen molar-refractivity contribution < 1.29 is 17.7 Å². The number of pyridine rings is 2.